The van der Waals surface area contributed by atoms with Gasteiger partial charge in [-0.05, 0) is 24.8 Å². The van der Waals surface area contributed by atoms with Crippen molar-refractivity contribution in [3.05, 3.63) is 35.4 Å². The van der Waals surface area contributed by atoms with Gasteiger partial charge in [0.2, 0.25) is 0 Å². The Hall–Kier alpha value is -0.570. The number of benzene rings is 1. The number of rotatable bonds is 1. The number of halogens is 1. The maximum Gasteiger partial charge on any atom is 0.195 e. The van der Waals surface area contributed by atoms with Crippen molar-refractivity contribution in [3.8, 4) is 0 Å². The highest BCUT2D eigenvalue weighted by molar-refractivity contribution is 6.18. The van der Waals surface area contributed by atoms with Crippen LogP contribution in [0.3, 0.4) is 0 Å². The fraction of sp³-hybridized carbons (Fsp3) is 0.571. The normalized spacial score (nSPS) is 32.4. The molecule has 1 aromatic rings. The van der Waals surface area contributed by atoms with Gasteiger partial charge in [-0.15, -0.1) is 11.6 Å². The summed E-state index contributed by atoms with van der Waals surface area (Å²) in [6.45, 7) is 0.609. The Kier molecular flexibility index (Phi) is 3.12. The van der Waals surface area contributed by atoms with Crippen molar-refractivity contribution in [2.75, 3.05) is 12.5 Å². The van der Waals surface area contributed by atoms with E-state index in [0.29, 0.717) is 12.5 Å². The number of fused-ring (bicyclic) bond motifs is 2. The summed E-state index contributed by atoms with van der Waals surface area (Å²) in [6.07, 6.45) is 4.44. The van der Waals surface area contributed by atoms with E-state index < -0.39 is 5.79 Å². The van der Waals surface area contributed by atoms with Crippen LogP contribution in [0.5, 0.6) is 0 Å². The molecule has 1 heterocycles. The Morgan fingerprint density at radius 3 is 3.00 bits per heavy atom. The number of aryl methyl sites for hydroxylation is 1. The second kappa shape index (κ2) is 4.60. The molecular weight excluding hydrogens is 236 g/mol. The van der Waals surface area contributed by atoms with Crippen LogP contribution in [0, 0.1) is 0 Å². The van der Waals surface area contributed by atoms with Gasteiger partial charge in [0.1, 0.15) is 0 Å². The van der Waals surface area contributed by atoms with Gasteiger partial charge in [-0.25, -0.2) is 0 Å². The number of hydrogen-bond donors (Lipinski definition) is 0. The largest absolute Gasteiger partial charge is 0.343 e. The summed E-state index contributed by atoms with van der Waals surface area (Å²) < 4.78 is 12.1. The average Bonchev–Trinajstić information content (AvgIpc) is 2.71. The lowest BCUT2D eigenvalue weighted by Crippen LogP contribution is -2.28. The van der Waals surface area contributed by atoms with E-state index in [1.54, 1.807) is 0 Å². The molecule has 17 heavy (non-hydrogen) atoms. The summed E-state index contributed by atoms with van der Waals surface area (Å²) in [5, 5.41) is 0. The minimum Gasteiger partial charge on any atom is -0.343 e. The van der Waals surface area contributed by atoms with E-state index in [0.717, 1.165) is 19.3 Å². The second-order valence-electron chi connectivity index (χ2n) is 4.82. The highest BCUT2D eigenvalue weighted by Gasteiger charge is 2.44. The van der Waals surface area contributed by atoms with Crippen molar-refractivity contribution in [2.45, 2.75) is 37.6 Å². The van der Waals surface area contributed by atoms with Gasteiger partial charge in [0.05, 0.1) is 18.6 Å². The topological polar surface area (TPSA) is 18.5 Å². The average molecular weight is 253 g/mol. The first-order chi connectivity index (χ1) is 8.34. The molecule has 3 heteroatoms. The smallest absolute Gasteiger partial charge is 0.195 e. The standard InChI is InChI=1S/C14H17ClO2/c15-9-12-10-16-14(17-12)8-4-3-6-11-5-1-2-7-13(11)14/h1-2,5,7,12H,3-4,6,8-10H2. The summed E-state index contributed by atoms with van der Waals surface area (Å²) in [6, 6.07) is 8.47. The molecule has 0 radical (unpaired) electrons. The number of ether oxygens (including phenoxy) is 2. The van der Waals surface area contributed by atoms with E-state index in [9.17, 15) is 0 Å². The molecule has 2 unspecified atom stereocenters. The summed E-state index contributed by atoms with van der Waals surface area (Å²) in [5.41, 5.74) is 2.57. The van der Waals surface area contributed by atoms with Crippen molar-refractivity contribution in [1.82, 2.24) is 0 Å². The lowest BCUT2D eigenvalue weighted by molar-refractivity contribution is -0.179. The lowest BCUT2D eigenvalue weighted by Gasteiger charge is -2.28. The molecule has 0 bridgehead atoms. The number of alkyl halides is 1. The van der Waals surface area contributed by atoms with Gasteiger partial charge in [0, 0.05) is 12.0 Å². The molecule has 0 aromatic heterocycles. The summed E-state index contributed by atoms with van der Waals surface area (Å²) in [4.78, 5) is 0. The minimum absolute atomic E-state index is 0.0304. The zero-order chi connectivity index (χ0) is 11.7. The van der Waals surface area contributed by atoms with E-state index in [4.69, 9.17) is 21.1 Å². The monoisotopic (exact) mass is 252 g/mol. The molecule has 2 atom stereocenters. The van der Waals surface area contributed by atoms with E-state index >= 15 is 0 Å². The molecule has 1 spiro atoms. The van der Waals surface area contributed by atoms with Crippen molar-refractivity contribution < 1.29 is 9.47 Å². The van der Waals surface area contributed by atoms with Crippen molar-refractivity contribution in [3.63, 3.8) is 0 Å². The Morgan fingerprint density at radius 1 is 1.29 bits per heavy atom. The third-order valence-electron chi connectivity index (χ3n) is 3.66. The minimum atomic E-state index is -0.521. The van der Waals surface area contributed by atoms with Crippen molar-refractivity contribution in [2.24, 2.45) is 0 Å². The molecule has 1 aliphatic carbocycles. The molecule has 0 amide bonds. The quantitative estimate of drug-likeness (QED) is 0.715. The molecule has 3 rings (SSSR count). The van der Waals surface area contributed by atoms with Gasteiger partial charge < -0.3 is 9.47 Å². The van der Waals surface area contributed by atoms with Gasteiger partial charge in [-0.2, -0.15) is 0 Å². The summed E-state index contributed by atoms with van der Waals surface area (Å²) in [7, 11) is 0. The van der Waals surface area contributed by atoms with Gasteiger partial charge >= 0.3 is 0 Å². The van der Waals surface area contributed by atoms with Crippen LogP contribution in [-0.4, -0.2) is 18.6 Å². The van der Waals surface area contributed by atoms with E-state index in [1.165, 1.54) is 17.5 Å². The summed E-state index contributed by atoms with van der Waals surface area (Å²) in [5.74, 6) is -0.0173. The highest BCUT2D eigenvalue weighted by atomic mass is 35.5. The zero-order valence-corrected chi connectivity index (χ0v) is 10.6. The molecule has 0 N–H and O–H groups in total. The molecule has 1 fully saturated rings. The van der Waals surface area contributed by atoms with Crippen molar-refractivity contribution >= 4 is 11.6 Å². The molecule has 0 saturated carbocycles. The predicted octanol–water partition coefficient (Wildman–Crippen LogP) is 3.22. The molecular formula is C14H17ClO2. The first-order valence-electron chi connectivity index (χ1n) is 6.30. The fourth-order valence-corrected chi connectivity index (χ4v) is 2.98. The Labute approximate surface area is 107 Å². The molecule has 1 saturated heterocycles. The second-order valence-corrected chi connectivity index (χ2v) is 5.13. The molecule has 92 valence electrons. The third kappa shape index (κ3) is 1.99. The van der Waals surface area contributed by atoms with Gasteiger partial charge in [0.25, 0.3) is 0 Å². The third-order valence-corrected chi connectivity index (χ3v) is 4.01. The number of hydrogen-bond acceptors (Lipinski definition) is 2. The van der Waals surface area contributed by atoms with Crippen LogP contribution in [-0.2, 0) is 21.7 Å². The SMILES string of the molecule is ClCC1COC2(CCCCc3ccccc32)O1. The molecule has 1 aromatic carbocycles. The first-order valence-corrected chi connectivity index (χ1v) is 6.84. The Bertz CT molecular complexity index is 407. The maximum atomic E-state index is 6.09. The van der Waals surface area contributed by atoms with Crippen LogP contribution >= 0.6 is 11.6 Å². The van der Waals surface area contributed by atoms with Crippen LogP contribution in [0.25, 0.3) is 0 Å². The van der Waals surface area contributed by atoms with Gasteiger partial charge in [-0.1, -0.05) is 24.3 Å². The van der Waals surface area contributed by atoms with E-state index in [-0.39, 0.29) is 6.10 Å². The predicted molar refractivity (Wildman–Crippen MR) is 67.2 cm³/mol. The zero-order valence-electron chi connectivity index (χ0n) is 9.82. The molecule has 2 aliphatic rings. The molecule has 2 nitrogen and oxygen atoms in total. The highest BCUT2D eigenvalue weighted by Crippen LogP contribution is 2.42. The van der Waals surface area contributed by atoms with Crippen LogP contribution in [0.1, 0.15) is 30.4 Å². The lowest BCUT2D eigenvalue weighted by atomic mass is 9.98. The van der Waals surface area contributed by atoms with Crippen molar-refractivity contribution in [1.29, 1.82) is 0 Å². The van der Waals surface area contributed by atoms with Crippen LogP contribution < -0.4 is 0 Å². The Morgan fingerprint density at radius 2 is 2.18 bits per heavy atom. The molecule has 1 aliphatic heterocycles. The van der Waals surface area contributed by atoms with Gasteiger partial charge in [0.15, 0.2) is 5.79 Å². The van der Waals surface area contributed by atoms with Gasteiger partial charge in [-0.3, -0.25) is 0 Å². The van der Waals surface area contributed by atoms with Crippen LogP contribution in [0.15, 0.2) is 24.3 Å². The maximum absolute atomic E-state index is 6.09. The van der Waals surface area contributed by atoms with Crippen LogP contribution in [0.2, 0.25) is 0 Å². The van der Waals surface area contributed by atoms with Crippen LogP contribution in [0.4, 0.5) is 0 Å². The first kappa shape index (κ1) is 11.5. The van der Waals surface area contributed by atoms with E-state index in [1.807, 2.05) is 0 Å². The summed E-state index contributed by atoms with van der Waals surface area (Å²) >= 11 is 5.87. The fourth-order valence-electron chi connectivity index (χ4n) is 2.83. The Balaban J connectivity index is 2.00. The van der Waals surface area contributed by atoms with E-state index in [2.05, 4.69) is 24.3 Å².